The van der Waals surface area contributed by atoms with E-state index in [1.54, 1.807) is 0 Å². The number of hydrogen-bond acceptors (Lipinski definition) is 4. The predicted molar refractivity (Wildman–Crippen MR) is 119 cm³/mol. The van der Waals surface area contributed by atoms with Gasteiger partial charge in [0.05, 0.1) is 6.04 Å². The van der Waals surface area contributed by atoms with Gasteiger partial charge in [0.1, 0.15) is 0 Å². The summed E-state index contributed by atoms with van der Waals surface area (Å²) in [5.74, 6) is 1.16. The zero-order valence-corrected chi connectivity index (χ0v) is 17.4. The van der Waals surface area contributed by atoms with Gasteiger partial charge in [-0.25, -0.2) is 0 Å². The first-order valence-corrected chi connectivity index (χ1v) is 11.0. The van der Waals surface area contributed by atoms with Crippen LogP contribution in [0.15, 0.2) is 59.1 Å². The van der Waals surface area contributed by atoms with E-state index in [0.717, 1.165) is 31.2 Å². The van der Waals surface area contributed by atoms with Crippen LogP contribution in [-0.4, -0.2) is 21.1 Å². The van der Waals surface area contributed by atoms with Crippen molar-refractivity contribution in [2.24, 2.45) is 0 Å². The lowest BCUT2D eigenvalue weighted by Crippen LogP contribution is -2.31. The van der Waals surface area contributed by atoms with E-state index in [4.69, 9.17) is 4.42 Å². The molecule has 31 heavy (non-hydrogen) atoms. The van der Waals surface area contributed by atoms with Crippen molar-refractivity contribution < 1.29 is 9.21 Å². The molecule has 2 aromatic heterocycles. The van der Waals surface area contributed by atoms with Crippen molar-refractivity contribution >= 4 is 16.8 Å². The Labute approximate surface area is 181 Å². The molecule has 2 heterocycles. The number of aromatic amines is 1. The number of nitrogens with zero attached hydrogens (tertiary/aromatic N) is 2. The molecule has 0 radical (unpaired) electrons. The Bertz CT molecular complexity index is 1190. The van der Waals surface area contributed by atoms with Gasteiger partial charge in [-0.15, -0.1) is 10.2 Å². The highest BCUT2D eigenvalue weighted by Gasteiger charge is 2.21. The molecule has 0 unspecified atom stereocenters. The van der Waals surface area contributed by atoms with E-state index in [9.17, 15) is 4.79 Å². The molecule has 1 aliphatic rings. The molecule has 158 valence electrons. The van der Waals surface area contributed by atoms with Gasteiger partial charge in [0, 0.05) is 36.4 Å². The maximum absolute atomic E-state index is 12.5. The van der Waals surface area contributed by atoms with Crippen molar-refractivity contribution in [3.8, 4) is 0 Å². The molecule has 6 nitrogen and oxygen atoms in total. The van der Waals surface area contributed by atoms with Gasteiger partial charge < -0.3 is 14.7 Å². The van der Waals surface area contributed by atoms with Crippen LogP contribution in [0.1, 0.15) is 53.8 Å². The number of para-hydroxylation sites is 1. The molecule has 2 aromatic carbocycles. The van der Waals surface area contributed by atoms with Crippen molar-refractivity contribution in [1.82, 2.24) is 20.5 Å². The number of aryl methyl sites for hydroxylation is 4. The molecule has 5 rings (SSSR count). The summed E-state index contributed by atoms with van der Waals surface area (Å²) < 4.78 is 5.78. The van der Waals surface area contributed by atoms with E-state index in [1.165, 1.54) is 22.1 Å². The Morgan fingerprint density at radius 2 is 1.84 bits per heavy atom. The quantitative estimate of drug-likeness (QED) is 0.468. The molecule has 1 atom stereocenters. The summed E-state index contributed by atoms with van der Waals surface area (Å²) in [5, 5.41) is 12.7. The van der Waals surface area contributed by atoms with Gasteiger partial charge in [0.15, 0.2) is 0 Å². The fourth-order valence-electron chi connectivity index (χ4n) is 4.46. The SMILES string of the molecule is O=C(CCc1nnc(CCc2c[nH]c3ccccc23)o1)N[C@@H]1CCCc2ccccc21. The number of amides is 1. The van der Waals surface area contributed by atoms with Crippen molar-refractivity contribution in [3.63, 3.8) is 0 Å². The van der Waals surface area contributed by atoms with Crippen LogP contribution >= 0.6 is 0 Å². The minimum atomic E-state index is 0.0280. The van der Waals surface area contributed by atoms with Crippen LogP contribution in [0.2, 0.25) is 0 Å². The summed E-state index contributed by atoms with van der Waals surface area (Å²) in [7, 11) is 0. The lowest BCUT2D eigenvalue weighted by molar-refractivity contribution is -0.122. The average molecular weight is 415 g/mol. The minimum absolute atomic E-state index is 0.0280. The third-order valence-corrected chi connectivity index (χ3v) is 6.06. The predicted octanol–water partition coefficient (Wildman–Crippen LogP) is 4.46. The Kier molecular flexibility index (Phi) is 5.52. The highest BCUT2D eigenvalue weighted by atomic mass is 16.4. The van der Waals surface area contributed by atoms with Crippen molar-refractivity contribution in [2.75, 3.05) is 0 Å². The van der Waals surface area contributed by atoms with Gasteiger partial charge in [0.25, 0.3) is 0 Å². The molecule has 0 bridgehead atoms. The number of carbonyl (C=O) groups excluding carboxylic acids is 1. The highest BCUT2D eigenvalue weighted by molar-refractivity contribution is 5.83. The van der Waals surface area contributed by atoms with Crippen LogP contribution in [0.25, 0.3) is 10.9 Å². The van der Waals surface area contributed by atoms with Crippen molar-refractivity contribution in [3.05, 3.63) is 83.2 Å². The van der Waals surface area contributed by atoms with Crippen molar-refractivity contribution in [1.29, 1.82) is 0 Å². The van der Waals surface area contributed by atoms with E-state index >= 15 is 0 Å². The molecule has 1 aliphatic carbocycles. The zero-order valence-electron chi connectivity index (χ0n) is 17.4. The summed E-state index contributed by atoms with van der Waals surface area (Å²) in [4.78, 5) is 15.8. The van der Waals surface area contributed by atoms with Gasteiger partial charge in [-0.3, -0.25) is 4.79 Å². The van der Waals surface area contributed by atoms with Crippen LogP contribution in [0.5, 0.6) is 0 Å². The standard InChI is InChI=1S/C25H26N4O2/c30-23(27-22-11-5-7-17-6-1-2-8-19(17)22)13-15-25-29-28-24(31-25)14-12-18-16-26-21-10-4-3-9-20(18)21/h1-4,6,8-10,16,22,26H,5,7,11-15H2,(H,27,30)/t22-/m1/s1. The van der Waals surface area contributed by atoms with Crippen LogP contribution in [-0.2, 0) is 30.5 Å². The van der Waals surface area contributed by atoms with Gasteiger partial charge in [-0.1, -0.05) is 42.5 Å². The number of benzene rings is 2. The second-order valence-electron chi connectivity index (χ2n) is 8.16. The third kappa shape index (κ3) is 4.38. The number of rotatable bonds is 7. The average Bonchev–Trinajstić information content (AvgIpc) is 3.43. The number of H-pyrrole nitrogens is 1. The molecule has 1 amide bonds. The van der Waals surface area contributed by atoms with E-state index in [-0.39, 0.29) is 11.9 Å². The lowest BCUT2D eigenvalue weighted by Gasteiger charge is -2.26. The summed E-state index contributed by atoms with van der Waals surface area (Å²) in [6, 6.07) is 16.7. The van der Waals surface area contributed by atoms with Crippen LogP contribution < -0.4 is 5.32 Å². The summed E-state index contributed by atoms with van der Waals surface area (Å²) in [6.45, 7) is 0. The fraction of sp³-hybridized carbons (Fsp3) is 0.320. The summed E-state index contributed by atoms with van der Waals surface area (Å²) in [6.07, 6.45) is 7.53. The first-order valence-electron chi connectivity index (χ1n) is 11.0. The molecular formula is C25H26N4O2. The fourth-order valence-corrected chi connectivity index (χ4v) is 4.46. The van der Waals surface area contributed by atoms with E-state index in [0.29, 0.717) is 31.0 Å². The highest BCUT2D eigenvalue weighted by Crippen LogP contribution is 2.29. The van der Waals surface area contributed by atoms with Gasteiger partial charge in [-0.05, 0) is 48.4 Å². The molecule has 4 aromatic rings. The summed E-state index contributed by atoms with van der Waals surface area (Å²) in [5.41, 5.74) is 4.97. The molecule has 0 spiro atoms. The maximum atomic E-state index is 12.5. The number of aromatic nitrogens is 3. The second kappa shape index (κ2) is 8.76. The molecule has 2 N–H and O–H groups in total. The van der Waals surface area contributed by atoms with Gasteiger partial charge in [-0.2, -0.15) is 0 Å². The Balaban J connectivity index is 1.13. The van der Waals surface area contributed by atoms with E-state index < -0.39 is 0 Å². The maximum Gasteiger partial charge on any atom is 0.220 e. The number of fused-ring (bicyclic) bond motifs is 2. The number of hydrogen-bond donors (Lipinski definition) is 2. The normalized spacial score (nSPS) is 15.7. The number of nitrogens with one attached hydrogen (secondary N) is 2. The van der Waals surface area contributed by atoms with Crippen LogP contribution in [0.4, 0.5) is 0 Å². The Morgan fingerprint density at radius 3 is 2.77 bits per heavy atom. The first-order chi connectivity index (χ1) is 15.3. The molecule has 0 fully saturated rings. The lowest BCUT2D eigenvalue weighted by atomic mass is 9.87. The van der Waals surface area contributed by atoms with Gasteiger partial charge in [0.2, 0.25) is 17.7 Å². The topological polar surface area (TPSA) is 83.8 Å². The van der Waals surface area contributed by atoms with Crippen LogP contribution in [0.3, 0.4) is 0 Å². The minimum Gasteiger partial charge on any atom is -0.425 e. The van der Waals surface area contributed by atoms with Gasteiger partial charge >= 0.3 is 0 Å². The molecule has 0 saturated carbocycles. The zero-order chi connectivity index (χ0) is 21.0. The third-order valence-electron chi connectivity index (χ3n) is 6.06. The smallest absolute Gasteiger partial charge is 0.220 e. The van der Waals surface area contributed by atoms with Crippen molar-refractivity contribution in [2.45, 2.75) is 51.0 Å². The monoisotopic (exact) mass is 414 g/mol. The van der Waals surface area contributed by atoms with E-state index in [2.05, 4.69) is 50.8 Å². The molecular weight excluding hydrogens is 388 g/mol. The molecule has 0 saturated heterocycles. The number of carbonyl (C=O) groups is 1. The Hall–Kier alpha value is -3.41. The van der Waals surface area contributed by atoms with E-state index in [1.807, 2.05) is 24.4 Å². The molecule has 0 aliphatic heterocycles. The largest absolute Gasteiger partial charge is 0.425 e. The molecule has 6 heteroatoms. The second-order valence-corrected chi connectivity index (χ2v) is 8.16. The summed E-state index contributed by atoms with van der Waals surface area (Å²) >= 11 is 0. The first kappa shape index (κ1) is 19.5. The van der Waals surface area contributed by atoms with Crippen LogP contribution in [0, 0.1) is 0 Å². The Morgan fingerprint density at radius 1 is 1.03 bits per heavy atom.